The smallest absolute Gasteiger partial charge is 0.291 e. The number of fused-ring (bicyclic) bond motifs is 1. The van der Waals surface area contributed by atoms with Crippen molar-refractivity contribution in [1.29, 1.82) is 0 Å². The van der Waals surface area contributed by atoms with Crippen LogP contribution in [0, 0.1) is 0 Å². The molecule has 0 bridgehead atoms. The SMILES string of the molecule is CC(c1ccccc1)n1ccc2c(C=C3NC(=O)SC3=O)cccc21. The predicted octanol–water partition coefficient (Wildman–Crippen LogP) is 4.57. The Morgan fingerprint density at radius 1 is 1.04 bits per heavy atom. The predicted molar refractivity (Wildman–Crippen MR) is 101 cm³/mol. The number of hydrogen-bond donors (Lipinski definition) is 1. The van der Waals surface area contributed by atoms with Gasteiger partial charge in [0.1, 0.15) is 0 Å². The molecule has 1 aromatic heterocycles. The van der Waals surface area contributed by atoms with Gasteiger partial charge in [-0.25, -0.2) is 0 Å². The van der Waals surface area contributed by atoms with E-state index >= 15 is 0 Å². The zero-order chi connectivity index (χ0) is 17.4. The van der Waals surface area contributed by atoms with Crippen LogP contribution >= 0.6 is 11.8 Å². The monoisotopic (exact) mass is 348 g/mol. The Labute approximate surface area is 149 Å². The lowest BCUT2D eigenvalue weighted by Gasteiger charge is -2.16. The normalized spacial score (nSPS) is 17.2. The van der Waals surface area contributed by atoms with E-state index in [1.807, 2.05) is 30.3 Å². The molecule has 1 N–H and O–H groups in total. The highest BCUT2D eigenvalue weighted by Gasteiger charge is 2.25. The summed E-state index contributed by atoms with van der Waals surface area (Å²) in [5, 5.41) is 3.10. The topological polar surface area (TPSA) is 51.1 Å². The number of nitrogens with one attached hydrogen (secondary N) is 1. The van der Waals surface area contributed by atoms with Crippen LogP contribution in [0.2, 0.25) is 0 Å². The van der Waals surface area contributed by atoms with Crippen molar-refractivity contribution in [2.45, 2.75) is 13.0 Å². The van der Waals surface area contributed by atoms with Gasteiger partial charge in [0.25, 0.3) is 5.24 Å². The molecule has 0 radical (unpaired) electrons. The van der Waals surface area contributed by atoms with Gasteiger partial charge in [0, 0.05) is 28.9 Å². The van der Waals surface area contributed by atoms with Crippen LogP contribution in [0.4, 0.5) is 4.79 Å². The first-order valence-corrected chi connectivity index (χ1v) is 8.84. The third-order valence-corrected chi connectivity index (χ3v) is 5.13. The number of amides is 1. The number of benzene rings is 2. The summed E-state index contributed by atoms with van der Waals surface area (Å²) >= 11 is 0.698. The van der Waals surface area contributed by atoms with Crippen molar-refractivity contribution < 1.29 is 9.59 Å². The molecule has 1 unspecified atom stereocenters. The van der Waals surface area contributed by atoms with Crippen LogP contribution in [0.3, 0.4) is 0 Å². The summed E-state index contributed by atoms with van der Waals surface area (Å²) < 4.78 is 2.22. The van der Waals surface area contributed by atoms with Gasteiger partial charge < -0.3 is 9.88 Å². The highest BCUT2D eigenvalue weighted by atomic mass is 32.2. The third kappa shape index (κ3) is 2.87. The Morgan fingerprint density at radius 2 is 1.84 bits per heavy atom. The van der Waals surface area contributed by atoms with Crippen LogP contribution < -0.4 is 5.32 Å². The van der Waals surface area contributed by atoms with E-state index < -0.39 is 0 Å². The van der Waals surface area contributed by atoms with Gasteiger partial charge in [-0.3, -0.25) is 9.59 Å². The van der Waals surface area contributed by atoms with Crippen molar-refractivity contribution >= 4 is 39.1 Å². The average Bonchev–Trinajstić information content (AvgIpc) is 3.19. The second-order valence-corrected chi connectivity index (χ2v) is 6.90. The summed E-state index contributed by atoms with van der Waals surface area (Å²) in [5.74, 6) is 0. The Hall–Kier alpha value is -2.79. The highest BCUT2D eigenvalue weighted by molar-refractivity contribution is 8.27. The highest BCUT2D eigenvalue weighted by Crippen LogP contribution is 2.29. The summed E-state index contributed by atoms with van der Waals surface area (Å²) in [5.41, 5.74) is 3.59. The van der Waals surface area contributed by atoms with E-state index in [0.29, 0.717) is 17.5 Å². The fraction of sp³-hybridized carbons (Fsp3) is 0.100. The van der Waals surface area contributed by atoms with Crippen molar-refractivity contribution in [3.8, 4) is 0 Å². The van der Waals surface area contributed by atoms with Gasteiger partial charge in [0.05, 0.1) is 11.7 Å². The third-order valence-electron chi connectivity index (χ3n) is 4.44. The van der Waals surface area contributed by atoms with E-state index in [1.165, 1.54) is 5.56 Å². The summed E-state index contributed by atoms with van der Waals surface area (Å²) in [4.78, 5) is 23.2. The fourth-order valence-electron chi connectivity index (χ4n) is 3.14. The molecular weight excluding hydrogens is 332 g/mol. The van der Waals surface area contributed by atoms with E-state index in [-0.39, 0.29) is 16.4 Å². The van der Waals surface area contributed by atoms with E-state index in [2.05, 4.69) is 47.3 Å². The average molecular weight is 348 g/mol. The molecular formula is C20H16N2O2S. The van der Waals surface area contributed by atoms with E-state index in [9.17, 15) is 9.59 Å². The van der Waals surface area contributed by atoms with Gasteiger partial charge in [-0.05, 0) is 36.3 Å². The maximum atomic E-state index is 11.8. The first kappa shape index (κ1) is 15.7. The van der Waals surface area contributed by atoms with Gasteiger partial charge in [-0.2, -0.15) is 0 Å². The number of aromatic nitrogens is 1. The standard InChI is InChI=1S/C20H16N2O2S/c1-13(14-6-3-2-4-7-14)22-11-10-16-15(8-5-9-18(16)22)12-17-19(23)25-20(24)21-17/h2-13H,1H3,(H,21,24). The second kappa shape index (κ2) is 6.26. The molecule has 1 amide bonds. The molecule has 2 aromatic carbocycles. The number of hydrogen-bond acceptors (Lipinski definition) is 3. The molecule has 3 aromatic rings. The first-order valence-electron chi connectivity index (χ1n) is 8.03. The van der Waals surface area contributed by atoms with Crippen LogP contribution in [0.1, 0.15) is 24.1 Å². The quantitative estimate of drug-likeness (QED) is 0.705. The molecule has 1 saturated heterocycles. The molecule has 5 heteroatoms. The van der Waals surface area contributed by atoms with Crippen LogP contribution in [0.15, 0.2) is 66.5 Å². The first-order chi connectivity index (χ1) is 12.1. The Morgan fingerprint density at radius 3 is 2.56 bits per heavy atom. The summed E-state index contributed by atoms with van der Waals surface area (Å²) in [6.07, 6.45) is 3.81. The van der Waals surface area contributed by atoms with Crippen molar-refractivity contribution in [3.63, 3.8) is 0 Å². The Balaban J connectivity index is 1.78. The van der Waals surface area contributed by atoms with Crippen molar-refractivity contribution in [2.24, 2.45) is 0 Å². The van der Waals surface area contributed by atoms with E-state index in [0.717, 1.165) is 16.5 Å². The van der Waals surface area contributed by atoms with Crippen LogP contribution in [0.5, 0.6) is 0 Å². The minimum Gasteiger partial charge on any atom is -0.340 e. The zero-order valence-electron chi connectivity index (χ0n) is 13.6. The minimum atomic E-state index is -0.321. The molecule has 0 spiro atoms. The minimum absolute atomic E-state index is 0.199. The second-order valence-electron chi connectivity index (χ2n) is 5.95. The number of thioether (sulfide) groups is 1. The maximum Gasteiger partial charge on any atom is 0.291 e. The van der Waals surface area contributed by atoms with Crippen molar-refractivity contribution in [1.82, 2.24) is 9.88 Å². The molecule has 1 aliphatic rings. The Bertz CT molecular complexity index is 1000. The largest absolute Gasteiger partial charge is 0.340 e. The fourth-order valence-corrected chi connectivity index (χ4v) is 3.69. The van der Waals surface area contributed by atoms with Crippen molar-refractivity contribution in [2.75, 3.05) is 0 Å². The maximum absolute atomic E-state index is 11.8. The van der Waals surface area contributed by atoms with E-state index in [4.69, 9.17) is 0 Å². The number of nitrogens with zero attached hydrogens (tertiary/aromatic N) is 1. The summed E-state index contributed by atoms with van der Waals surface area (Å²) in [6.45, 7) is 2.16. The summed E-state index contributed by atoms with van der Waals surface area (Å²) in [7, 11) is 0. The lowest BCUT2D eigenvalue weighted by Crippen LogP contribution is -2.10. The zero-order valence-corrected chi connectivity index (χ0v) is 14.4. The van der Waals surface area contributed by atoms with Gasteiger partial charge in [-0.15, -0.1) is 0 Å². The molecule has 1 aliphatic heterocycles. The number of rotatable bonds is 3. The molecule has 0 saturated carbocycles. The van der Waals surface area contributed by atoms with Gasteiger partial charge >= 0.3 is 0 Å². The summed E-state index contributed by atoms with van der Waals surface area (Å²) in [6, 6.07) is 18.6. The molecule has 25 heavy (non-hydrogen) atoms. The lowest BCUT2D eigenvalue weighted by atomic mass is 10.1. The van der Waals surface area contributed by atoms with Gasteiger partial charge in [0.2, 0.25) is 5.12 Å². The Kier molecular flexibility index (Phi) is 3.93. The molecule has 2 heterocycles. The molecule has 124 valence electrons. The van der Waals surface area contributed by atoms with Crippen LogP contribution in [-0.2, 0) is 4.79 Å². The van der Waals surface area contributed by atoms with Crippen molar-refractivity contribution in [3.05, 3.63) is 77.6 Å². The number of carbonyl (C=O) groups excluding carboxylic acids is 2. The van der Waals surface area contributed by atoms with E-state index in [1.54, 1.807) is 6.08 Å². The van der Waals surface area contributed by atoms with Gasteiger partial charge in [-0.1, -0.05) is 42.5 Å². The molecule has 4 rings (SSSR count). The van der Waals surface area contributed by atoms with Crippen LogP contribution in [0.25, 0.3) is 17.0 Å². The molecule has 1 fully saturated rings. The molecule has 0 aliphatic carbocycles. The molecule has 4 nitrogen and oxygen atoms in total. The number of carbonyl (C=O) groups is 2. The van der Waals surface area contributed by atoms with Crippen LogP contribution in [-0.4, -0.2) is 14.9 Å². The van der Waals surface area contributed by atoms with Gasteiger partial charge in [0.15, 0.2) is 0 Å². The molecule has 1 atom stereocenters. The lowest BCUT2D eigenvalue weighted by molar-refractivity contribution is -0.107.